The monoisotopic (exact) mass is 456 g/mol. The highest BCUT2D eigenvalue weighted by molar-refractivity contribution is 5.91. The van der Waals surface area contributed by atoms with Gasteiger partial charge >= 0.3 is 0 Å². The molecule has 1 heteroatoms. The molecule has 0 aromatic rings. The maximum atomic E-state index is 11.9. The first-order valence-electron chi connectivity index (χ1n) is 14.2. The molecule has 7 atom stereocenters. The second kappa shape index (κ2) is 14.3. The van der Waals surface area contributed by atoms with Crippen LogP contribution >= 0.6 is 0 Å². The van der Waals surface area contributed by atoms with Crippen LogP contribution in [0.15, 0.2) is 37.0 Å². The fourth-order valence-corrected chi connectivity index (χ4v) is 6.67. The van der Waals surface area contributed by atoms with Crippen molar-refractivity contribution in [1.82, 2.24) is 0 Å². The molecule has 0 spiro atoms. The zero-order valence-corrected chi connectivity index (χ0v) is 23.5. The molecule has 4 aliphatic carbocycles. The predicted octanol–water partition coefficient (Wildman–Crippen LogP) is 9.84. The highest BCUT2D eigenvalue weighted by atomic mass is 16.1. The van der Waals surface area contributed by atoms with Crippen LogP contribution in [0.3, 0.4) is 0 Å². The first kappa shape index (κ1) is 29.9. The molecule has 0 aromatic heterocycles. The highest BCUT2D eigenvalue weighted by Crippen LogP contribution is 2.64. The van der Waals surface area contributed by atoms with Crippen LogP contribution in [-0.4, -0.2) is 5.78 Å². The summed E-state index contributed by atoms with van der Waals surface area (Å²) in [5.74, 6) is 5.98. The number of unbranched alkanes of at least 4 members (excludes halogenated alkanes) is 1. The van der Waals surface area contributed by atoms with Crippen LogP contribution in [0.2, 0.25) is 0 Å². The highest BCUT2D eigenvalue weighted by Gasteiger charge is 2.57. The molecule has 1 nitrogen and oxygen atoms in total. The summed E-state index contributed by atoms with van der Waals surface area (Å²) < 4.78 is 0. The fourth-order valence-electron chi connectivity index (χ4n) is 6.67. The van der Waals surface area contributed by atoms with Crippen LogP contribution in [0, 0.1) is 46.8 Å². The second-order valence-corrected chi connectivity index (χ2v) is 11.3. The maximum absolute atomic E-state index is 11.9. The summed E-state index contributed by atoms with van der Waals surface area (Å²) in [6.07, 6.45) is 17.0. The molecule has 3 saturated carbocycles. The van der Waals surface area contributed by atoms with Crippen molar-refractivity contribution in [2.45, 2.75) is 113 Å². The van der Waals surface area contributed by atoms with E-state index in [0.717, 1.165) is 55.3 Å². The molecule has 0 N–H and O–H groups in total. The Kier molecular flexibility index (Phi) is 13.0. The molecule has 0 radical (unpaired) electrons. The molecule has 0 aromatic carbocycles. The van der Waals surface area contributed by atoms with Crippen LogP contribution < -0.4 is 0 Å². The van der Waals surface area contributed by atoms with E-state index in [-0.39, 0.29) is 0 Å². The molecule has 3 fully saturated rings. The molecule has 0 amide bonds. The number of carbonyl (C=O) groups is 1. The van der Waals surface area contributed by atoms with Crippen molar-refractivity contribution in [3.8, 4) is 0 Å². The number of allylic oxidation sites excluding steroid dienone is 4. The molecule has 33 heavy (non-hydrogen) atoms. The lowest BCUT2D eigenvalue weighted by Gasteiger charge is -2.56. The van der Waals surface area contributed by atoms with Gasteiger partial charge in [-0.05, 0) is 91.4 Å². The van der Waals surface area contributed by atoms with Crippen LogP contribution in [0.25, 0.3) is 0 Å². The van der Waals surface area contributed by atoms with E-state index in [9.17, 15) is 4.79 Å². The molecule has 0 bridgehead atoms. The van der Waals surface area contributed by atoms with E-state index in [1.807, 2.05) is 26.0 Å². The van der Waals surface area contributed by atoms with Crippen molar-refractivity contribution in [2.75, 3.05) is 0 Å². The van der Waals surface area contributed by atoms with Gasteiger partial charge in [0.1, 0.15) is 0 Å². The summed E-state index contributed by atoms with van der Waals surface area (Å²) in [5.41, 5.74) is 1.94. The van der Waals surface area contributed by atoms with Crippen molar-refractivity contribution in [2.24, 2.45) is 46.8 Å². The standard InChI is InChI=1S/C22H32O.C4H10.C4H8.C2H6/c1-5-14-11-15-12-16(23)6-7-17(15)18-8-9-22(3,4)21(20(14)18)19-10-13(19)2;2*1-3-4-2;1-2/h5,12-14,17-21H,1,6-11H2,2-4H3;3-4H2,1-2H3;3H,1,4H2,2H3;1-2H3/t13-,14?,17?,18?,19+,20?,21?;;;/m1.../s1. The minimum absolute atomic E-state index is 0.362. The normalized spacial score (nSPS) is 35.3. The predicted molar refractivity (Wildman–Crippen MR) is 147 cm³/mol. The van der Waals surface area contributed by atoms with Gasteiger partial charge in [0, 0.05) is 6.42 Å². The van der Waals surface area contributed by atoms with Gasteiger partial charge in [-0.1, -0.05) is 86.0 Å². The Morgan fingerprint density at radius 3 is 2.09 bits per heavy atom. The van der Waals surface area contributed by atoms with Crippen LogP contribution in [-0.2, 0) is 4.79 Å². The first-order valence-corrected chi connectivity index (χ1v) is 14.2. The van der Waals surface area contributed by atoms with Crippen LogP contribution in [0.1, 0.15) is 113 Å². The summed E-state index contributed by atoms with van der Waals surface area (Å²) in [6.45, 7) is 25.6. The van der Waals surface area contributed by atoms with E-state index < -0.39 is 0 Å². The van der Waals surface area contributed by atoms with Gasteiger partial charge in [-0.2, -0.15) is 0 Å². The third-order valence-electron chi connectivity index (χ3n) is 8.66. The summed E-state index contributed by atoms with van der Waals surface area (Å²) in [6, 6.07) is 0. The summed E-state index contributed by atoms with van der Waals surface area (Å²) in [5, 5.41) is 0. The minimum atomic E-state index is 0.362. The number of carbonyl (C=O) groups excluding carboxylic acids is 1. The topological polar surface area (TPSA) is 17.1 Å². The van der Waals surface area contributed by atoms with E-state index in [1.165, 1.54) is 37.7 Å². The zero-order chi connectivity index (χ0) is 25.2. The number of hydrogen-bond donors (Lipinski definition) is 0. The van der Waals surface area contributed by atoms with E-state index in [4.69, 9.17) is 0 Å². The quantitative estimate of drug-likeness (QED) is 0.385. The van der Waals surface area contributed by atoms with E-state index >= 15 is 0 Å². The number of fused-ring (bicyclic) bond motifs is 3. The van der Waals surface area contributed by atoms with Gasteiger partial charge in [-0.25, -0.2) is 0 Å². The zero-order valence-electron chi connectivity index (χ0n) is 23.5. The lowest BCUT2D eigenvalue weighted by molar-refractivity contribution is -0.116. The van der Waals surface area contributed by atoms with Gasteiger partial charge in [-0.3, -0.25) is 4.79 Å². The maximum Gasteiger partial charge on any atom is 0.155 e. The van der Waals surface area contributed by atoms with Crippen molar-refractivity contribution in [3.63, 3.8) is 0 Å². The Morgan fingerprint density at radius 2 is 1.64 bits per heavy atom. The summed E-state index contributed by atoms with van der Waals surface area (Å²) >= 11 is 0. The van der Waals surface area contributed by atoms with Gasteiger partial charge in [0.25, 0.3) is 0 Å². The molecular weight excluding hydrogens is 400 g/mol. The van der Waals surface area contributed by atoms with Gasteiger partial charge in [0.05, 0.1) is 0 Å². The van der Waals surface area contributed by atoms with Crippen molar-refractivity contribution < 1.29 is 4.79 Å². The van der Waals surface area contributed by atoms with Gasteiger partial charge in [-0.15, -0.1) is 13.2 Å². The van der Waals surface area contributed by atoms with Gasteiger partial charge < -0.3 is 0 Å². The molecular formula is C32H56O. The van der Waals surface area contributed by atoms with E-state index in [1.54, 1.807) is 0 Å². The average molecular weight is 457 g/mol. The summed E-state index contributed by atoms with van der Waals surface area (Å²) in [4.78, 5) is 11.9. The lowest BCUT2D eigenvalue weighted by atomic mass is 9.48. The van der Waals surface area contributed by atoms with E-state index in [0.29, 0.717) is 23.0 Å². The third-order valence-corrected chi connectivity index (χ3v) is 8.66. The molecule has 5 unspecified atom stereocenters. The Labute approximate surface area is 207 Å². The Bertz CT molecular complexity index is 637. The van der Waals surface area contributed by atoms with Gasteiger partial charge in [0.2, 0.25) is 0 Å². The van der Waals surface area contributed by atoms with E-state index in [2.05, 4.69) is 60.8 Å². The molecule has 0 aliphatic heterocycles. The SMILES string of the molecule is C=CC1CC2=CC(=O)CCC2C2CCC(C)(C)C([C@H]3C[C@H]3C)C12.C=CCC.CC.CCCC. The smallest absolute Gasteiger partial charge is 0.155 e. The summed E-state index contributed by atoms with van der Waals surface area (Å²) in [7, 11) is 0. The fraction of sp³-hybridized carbons (Fsp3) is 0.781. The average Bonchev–Trinajstić information content (AvgIpc) is 3.54. The second-order valence-electron chi connectivity index (χ2n) is 11.3. The van der Waals surface area contributed by atoms with Gasteiger partial charge in [0.15, 0.2) is 5.78 Å². The molecule has 0 heterocycles. The Morgan fingerprint density at radius 1 is 1.06 bits per heavy atom. The minimum Gasteiger partial charge on any atom is -0.295 e. The molecule has 190 valence electrons. The first-order chi connectivity index (χ1) is 15.7. The van der Waals surface area contributed by atoms with Crippen molar-refractivity contribution >= 4 is 5.78 Å². The molecule has 0 saturated heterocycles. The Balaban J connectivity index is 0.000000468. The third kappa shape index (κ3) is 7.69. The van der Waals surface area contributed by atoms with Crippen LogP contribution in [0.4, 0.5) is 0 Å². The molecule has 4 rings (SSSR count). The van der Waals surface area contributed by atoms with Crippen LogP contribution in [0.5, 0.6) is 0 Å². The lowest BCUT2D eigenvalue weighted by Crippen LogP contribution is -2.50. The number of rotatable bonds is 4. The van der Waals surface area contributed by atoms with Crippen molar-refractivity contribution in [3.05, 3.63) is 37.0 Å². The van der Waals surface area contributed by atoms with Crippen molar-refractivity contribution in [1.29, 1.82) is 0 Å². The Hall–Kier alpha value is -1.11. The largest absolute Gasteiger partial charge is 0.295 e. The number of hydrogen-bond acceptors (Lipinski definition) is 1. The molecule has 4 aliphatic rings. The number of ketones is 1.